The average Bonchev–Trinajstić information content (AvgIpc) is 2.46. The summed E-state index contributed by atoms with van der Waals surface area (Å²) in [5.74, 6) is -0.250. The molecule has 0 atom stereocenters. The maximum Gasteiger partial charge on any atom is 0.269 e. The fourth-order valence-corrected chi connectivity index (χ4v) is 1.67. The van der Waals surface area contributed by atoms with Crippen molar-refractivity contribution >= 4 is 11.6 Å². The van der Waals surface area contributed by atoms with Crippen molar-refractivity contribution in [1.82, 2.24) is 5.32 Å². The van der Waals surface area contributed by atoms with Crippen LogP contribution in [0.5, 0.6) is 5.75 Å². The van der Waals surface area contributed by atoms with Crippen LogP contribution in [-0.4, -0.2) is 15.9 Å². The molecule has 0 fully saturated rings. The highest BCUT2D eigenvalue weighted by Gasteiger charge is 2.09. The summed E-state index contributed by atoms with van der Waals surface area (Å²) in [6, 6.07) is 12.0. The Bertz CT molecular complexity index is 638. The molecule has 20 heavy (non-hydrogen) atoms. The number of non-ortho nitro benzene ring substituents is 1. The van der Waals surface area contributed by atoms with Crippen molar-refractivity contribution in [3.63, 3.8) is 0 Å². The number of hydrogen-bond donors (Lipinski definition) is 2. The van der Waals surface area contributed by atoms with E-state index in [1.165, 1.54) is 30.3 Å². The Hall–Kier alpha value is -2.89. The summed E-state index contributed by atoms with van der Waals surface area (Å²) >= 11 is 0. The Morgan fingerprint density at radius 3 is 2.40 bits per heavy atom. The minimum atomic E-state index is -0.524. The topological polar surface area (TPSA) is 92.5 Å². The van der Waals surface area contributed by atoms with Gasteiger partial charge in [0.2, 0.25) is 0 Å². The van der Waals surface area contributed by atoms with Crippen molar-refractivity contribution in [2.24, 2.45) is 0 Å². The van der Waals surface area contributed by atoms with Gasteiger partial charge in [0.1, 0.15) is 5.75 Å². The molecule has 0 unspecified atom stereocenters. The van der Waals surface area contributed by atoms with E-state index >= 15 is 0 Å². The molecule has 0 saturated carbocycles. The molecule has 6 nitrogen and oxygen atoms in total. The first-order valence-electron chi connectivity index (χ1n) is 5.87. The number of aromatic hydroxyl groups is 1. The quantitative estimate of drug-likeness (QED) is 0.659. The third kappa shape index (κ3) is 3.11. The number of phenolic OH excluding ortho intramolecular Hbond substituents is 1. The van der Waals surface area contributed by atoms with E-state index in [-0.39, 0.29) is 23.9 Å². The van der Waals surface area contributed by atoms with E-state index in [2.05, 4.69) is 5.32 Å². The largest absolute Gasteiger partial charge is 0.508 e. The lowest BCUT2D eigenvalue weighted by Gasteiger charge is -2.06. The van der Waals surface area contributed by atoms with Crippen LogP contribution < -0.4 is 5.32 Å². The molecule has 2 aromatic carbocycles. The van der Waals surface area contributed by atoms with Crippen LogP contribution in [0.2, 0.25) is 0 Å². The predicted molar refractivity (Wildman–Crippen MR) is 72.4 cm³/mol. The van der Waals surface area contributed by atoms with Gasteiger partial charge in [-0.25, -0.2) is 0 Å². The highest BCUT2D eigenvalue weighted by Crippen LogP contribution is 2.15. The molecule has 2 aromatic rings. The molecule has 0 heterocycles. The maximum absolute atomic E-state index is 11.8. The van der Waals surface area contributed by atoms with Gasteiger partial charge in [0, 0.05) is 29.8 Å². The number of nitro benzene ring substituents is 1. The molecule has 6 heteroatoms. The number of rotatable bonds is 4. The van der Waals surface area contributed by atoms with Crippen LogP contribution in [0.1, 0.15) is 15.9 Å². The highest BCUT2D eigenvalue weighted by atomic mass is 16.6. The summed E-state index contributed by atoms with van der Waals surface area (Å²) < 4.78 is 0. The van der Waals surface area contributed by atoms with Gasteiger partial charge < -0.3 is 10.4 Å². The van der Waals surface area contributed by atoms with Crippen molar-refractivity contribution in [1.29, 1.82) is 0 Å². The molecule has 0 aliphatic carbocycles. The van der Waals surface area contributed by atoms with Crippen molar-refractivity contribution < 1.29 is 14.8 Å². The molecule has 0 aromatic heterocycles. The van der Waals surface area contributed by atoms with Crippen LogP contribution in [0.3, 0.4) is 0 Å². The van der Waals surface area contributed by atoms with E-state index in [4.69, 9.17) is 0 Å². The van der Waals surface area contributed by atoms with Crippen LogP contribution in [-0.2, 0) is 6.54 Å². The summed E-state index contributed by atoms with van der Waals surface area (Å²) in [5, 5.41) is 22.7. The van der Waals surface area contributed by atoms with Gasteiger partial charge in [0.15, 0.2) is 0 Å². The lowest BCUT2D eigenvalue weighted by Crippen LogP contribution is -2.22. The number of carbonyl (C=O) groups is 1. The molecular formula is C14H12N2O4. The van der Waals surface area contributed by atoms with E-state index in [0.717, 1.165) is 0 Å². The van der Waals surface area contributed by atoms with Gasteiger partial charge in [-0.3, -0.25) is 14.9 Å². The number of para-hydroxylation sites is 1. The summed E-state index contributed by atoms with van der Waals surface area (Å²) in [7, 11) is 0. The standard InChI is InChI=1S/C14H12N2O4/c17-13-4-2-1-3-11(13)9-15-14(18)10-5-7-12(8-6-10)16(19)20/h1-8,17H,9H2,(H,15,18). The SMILES string of the molecule is O=C(NCc1ccccc1O)c1ccc([N+](=O)[O-])cc1. The van der Waals surface area contributed by atoms with Crippen LogP contribution in [0.15, 0.2) is 48.5 Å². The number of nitrogens with zero attached hydrogens (tertiary/aromatic N) is 1. The van der Waals surface area contributed by atoms with E-state index in [1.807, 2.05) is 0 Å². The monoisotopic (exact) mass is 272 g/mol. The average molecular weight is 272 g/mol. The first kappa shape index (κ1) is 13.5. The number of nitrogens with one attached hydrogen (secondary N) is 1. The Kier molecular flexibility index (Phi) is 3.95. The molecule has 0 aliphatic rings. The van der Waals surface area contributed by atoms with E-state index in [0.29, 0.717) is 11.1 Å². The van der Waals surface area contributed by atoms with Crippen molar-refractivity contribution in [3.05, 3.63) is 69.8 Å². The number of nitro groups is 1. The second-order valence-corrected chi connectivity index (χ2v) is 4.12. The predicted octanol–water partition coefficient (Wildman–Crippen LogP) is 2.23. The number of phenols is 1. The van der Waals surface area contributed by atoms with Gasteiger partial charge in [-0.15, -0.1) is 0 Å². The second kappa shape index (κ2) is 5.83. The Morgan fingerprint density at radius 1 is 1.15 bits per heavy atom. The van der Waals surface area contributed by atoms with Crippen LogP contribution in [0.25, 0.3) is 0 Å². The minimum Gasteiger partial charge on any atom is -0.508 e. The number of carbonyl (C=O) groups excluding carboxylic acids is 1. The normalized spacial score (nSPS) is 10.0. The number of amides is 1. The van der Waals surface area contributed by atoms with Crippen molar-refractivity contribution in [3.8, 4) is 5.75 Å². The number of hydrogen-bond acceptors (Lipinski definition) is 4. The minimum absolute atomic E-state index is 0.0674. The van der Waals surface area contributed by atoms with Gasteiger partial charge in [-0.2, -0.15) is 0 Å². The second-order valence-electron chi connectivity index (χ2n) is 4.12. The van der Waals surface area contributed by atoms with Gasteiger partial charge in [0.05, 0.1) is 4.92 Å². The highest BCUT2D eigenvalue weighted by molar-refractivity contribution is 5.94. The molecule has 0 aliphatic heterocycles. The zero-order valence-electron chi connectivity index (χ0n) is 10.4. The molecule has 2 rings (SSSR count). The molecule has 0 saturated heterocycles. The number of benzene rings is 2. The molecule has 0 bridgehead atoms. The molecule has 2 N–H and O–H groups in total. The molecule has 0 spiro atoms. The van der Waals surface area contributed by atoms with Gasteiger partial charge in [-0.1, -0.05) is 18.2 Å². The van der Waals surface area contributed by atoms with Crippen LogP contribution in [0.4, 0.5) is 5.69 Å². The third-order valence-corrected chi connectivity index (χ3v) is 2.77. The lowest BCUT2D eigenvalue weighted by atomic mass is 10.1. The lowest BCUT2D eigenvalue weighted by molar-refractivity contribution is -0.384. The zero-order valence-corrected chi connectivity index (χ0v) is 10.4. The van der Waals surface area contributed by atoms with Crippen LogP contribution >= 0.6 is 0 Å². The first-order chi connectivity index (χ1) is 9.58. The smallest absolute Gasteiger partial charge is 0.269 e. The summed E-state index contributed by atoms with van der Waals surface area (Å²) in [4.78, 5) is 21.8. The summed E-state index contributed by atoms with van der Waals surface area (Å²) in [6.45, 7) is 0.183. The van der Waals surface area contributed by atoms with Gasteiger partial charge in [-0.05, 0) is 18.2 Å². The van der Waals surface area contributed by atoms with E-state index < -0.39 is 4.92 Å². The van der Waals surface area contributed by atoms with Crippen molar-refractivity contribution in [2.75, 3.05) is 0 Å². The third-order valence-electron chi connectivity index (χ3n) is 2.77. The van der Waals surface area contributed by atoms with E-state index in [1.54, 1.807) is 18.2 Å². The van der Waals surface area contributed by atoms with E-state index in [9.17, 15) is 20.0 Å². The molecule has 0 radical (unpaired) electrons. The van der Waals surface area contributed by atoms with Crippen molar-refractivity contribution in [2.45, 2.75) is 6.54 Å². The first-order valence-corrected chi connectivity index (χ1v) is 5.87. The summed E-state index contributed by atoms with van der Waals surface area (Å²) in [6.07, 6.45) is 0. The maximum atomic E-state index is 11.8. The molecule has 1 amide bonds. The molecule has 102 valence electrons. The summed E-state index contributed by atoms with van der Waals surface area (Å²) in [5.41, 5.74) is 0.857. The molecular weight excluding hydrogens is 260 g/mol. The van der Waals surface area contributed by atoms with Crippen LogP contribution in [0, 0.1) is 10.1 Å². The Balaban J connectivity index is 2.02. The Morgan fingerprint density at radius 2 is 1.80 bits per heavy atom. The Labute approximate surface area is 114 Å². The van der Waals surface area contributed by atoms with Gasteiger partial charge in [0.25, 0.3) is 11.6 Å². The fourth-order valence-electron chi connectivity index (χ4n) is 1.67. The fraction of sp³-hybridized carbons (Fsp3) is 0.0714. The van der Waals surface area contributed by atoms with Gasteiger partial charge >= 0.3 is 0 Å². The zero-order chi connectivity index (χ0) is 14.5.